The summed E-state index contributed by atoms with van der Waals surface area (Å²) in [5, 5.41) is 7.29. The maximum Gasteiger partial charge on any atom is 0.434 e. The van der Waals surface area contributed by atoms with Crippen LogP contribution in [-0.2, 0) is 6.18 Å². The van der Waals surface area contributed by atoms with Crippen LogP contribution < -0.4 is 5.32 Å². The van der Waals surface area contributed by atoms with Crippen LogP contribution in [0.2, 0.25) is 0 Å². The van der Waals surface area contributed by atoms with E-state index in [1.54, 1.807) is 31.2 Å². The van der Waals surface area contributed by atoms with Gasteiger partial charge in [-0.15, -0.1) is 0 Å². The lowest BCUT2D eigenvalue weighted by molar-refractivity contribution is -0.143. The molecule has 8 heteroatoms. The van der Waals surface area contributed by atoms with Gasteiger partial charge in [-0.3, -0.25) is 4.79 Å². The number of benzene rings is 1. The maximum atomic E-state index is 13.9. The molecule has 0 saturated carbocycles. The molecule has 2 aliphatic rings. The van der Waals surface area contributed by atoms with Crippen molar-refractivity contribution < 1.29 is 18.0 Å². The second kappa shape index (κ2) is 6.92. The zero-order valence-corrected chi connectivity index (χ0v) is 15.7. The summed E-state index contributed by atoms with van der Waals surface area (Å²) in [5.74, 6) is -0.590. The summed E-state index contributed by atoms with van der Waals surface area (Å²) in [4.78, 5) is 14.5. The SMILES string of the molecule is Cc1ccccc1-n1ncc(C(=O)N2CCC3(CCNC3)CC2)c1C(F)(F)F. The van der Waals surface area contributed by atoms with Crippen LogP contribution in [0.3, 0.4) is 0 Å². The number of rotatable bonds is 2. The van der Waals surface area contributed by atoms with Gasteiger partial charge >= 0.3 is 6.18 Å². The first-order valence-corrected chi connectivity index (χ1v) is 9.52. The molecule has 0 aliphatic carbocycles. The van der Waals surface area contributed by atoms with Gasteiger partial charge < -0.3 is 10.2 Å². The van der Waals surface area contributed by atoms with E-state index in [-0.39, 0.29) is 11.0 Å². The van der Waals surface area contributed by atoms with Crippen LogP contribution in [0.1, 0.15) is 40.9 Å². The first-order chi connectivity index (χ1) is 13.3. The normalized spacial score (nSPS) is 19.4. The summed E-state index contributed by atoms with van der Waals surface area (Å²) in [6, 6.07) is 6.70. The number of nitrogens with one attached hydrogen (secondary N) is 1. The Morgan fingerprint density at radius 2 is 1.89 bits per heavy atom. The van der Waals surface area contributed by atoms with E-state index in [4.69, 9.17) is 0 Å². The van der Waals surface area contributed by atoms with Gasteiger partial charge in [0, 0.05) is 19.6 Å². The molecule has 0 radical (unpaired) electrons. The fourth-order valence-corrected chi connectivity index (χ4v) is 4.34. The molecule has 150 valence electrons. The molecular formula is C20H23F3N4O. The summed E-state index contributed by atoms with van der Waals surface area (Å²) in [7, 11) is 0. The van der Waals surface area contributed by atoms with Crippen LogP contribution in [-0.4, -0.2) is 46.8 Å². The molecule has 0 unspecified atom stereocenters. The number of likely N-dealkylation sites (tertiary alicyclic amines) is 1. The molecule has 1 aromatic heterocycles. The molecule has 0 bridgehead atoms. The zero-order valence-electron chi connectivity index (χ0n) is 15.7. The quantitative estimate of drug-likeness (QED) is 0.852. The lowest BCUT2D eigenvalue weighted by Crippen LogP contribution is -2.44. The Labute approximate surface area is 161 Å². The third kappa shape index (κ3) is 3.30. The van der Waals surface area contributed by atoms with Gasteiger partial charge in [0.25, 0.3) is 5.91 Å². The van der Waals surface area contributed by atoms with Gasteiger partial charge in [0.1, 0.15) is 0 Å². The standard InChI is InChI=1S/C20H23F3N4O/c1-14-4-2-3-5-16(14)27-17(20(21,22)23)15(12-25-27)18(28)26-10-7-19(8-11-26)6-9-24-13-19/h2-5,12,24H,6-11,13H2,1H3. The van der Waals surface area contributed by atoms with Gasteiger partial charge in [-0.1, -0.05) is 18.2 Å². The summed E-state index contributed by atoms with van der Waals surface area (Å²) >= 11 is 0. The fourth-order valence-electron chi connectivity index (χ4n) is 4.34. The molecule has 1 amide bonds. The number of hydrogen-bond acceptors (Lipinski definition) is 3. The van der Waals surface area contributed by atoms with Crippen molar-refractivity contribution in [3.05, 3.63) is 47.3 Å². The number of aromatic nitrogens is 2. The first kappa shape index (κ1) is 19.0. The number of para-hydroxylation sites is 1. The molecular weight excluding hydrogens is 369 g/mol. The molecule has 2 fully saturated rings. The molecule has 4 rings (SSSR count). The highest BCUT2D eigenvalue weighted by atomic mass is 19.4. The second-order valence-electron chi connectivity index (χ2n) is 7.82. The van der Waals surface area contributed by atoms with Crippen molar-refractivity contribution in [1.29, 1.82) is 0 Å². The van der Waals surface area contributed by atoms with E-state index >= 15 is 0 Å². The minimum atomic E-state index is -4.68. The molecule has 0 atom stereocenters. The van der Waals surface area contributed by atoms with Crippen LogP contribution in [0.15, 0.2) is 30.5 Å². The summed E-state index contributed by atoms with van der Waals surface area (Å²) < 4.78 is 42.5. The van der Waals surface area contributed by atoms with E-state index in [1.807, 2.05) is 0 Å². The van der Waals surface area contributed by atoms with Gasteiger partial charge in [0.2, 0.25) is 0 Å². The minimum absolute atomic E-state index is 0.189. The molecule has 5 nitrogen and oxygen atoms in total. The molecule has 2 aliphatic heterocycles. The van der Waals surface area contributed by atoms with E-state index in [1.165, 1.54) is 4.90 Å². The number of nitrogens with zero attached hydrogens (tertiary/aromatic N) is 3. The minimum Gasteiger partial charge on any atom is -0.338 e. The number of hydrogen-bond donors (Lipinski definition) is 1. The van der Waals surface area contributed by atoms with Gasteiger partial charge in [-0.05, 0) is 49.8 Å². The van der Waals surface area contributed by atoms with Crippen LogP contribution in [0.4, 0.5) is 13.2 Å². The number of carbonyl (C=O) groups excluding carboxylic acids is 1. The van der Waals surface area contributed by atoms with Crippen LogP contribution in [0.25, 0.3) is 5.69 Å². The van der Waals surface area contributed by atoms with E-state index in [9.17, 15) is 18.0 Å². The number of aryl methyl sites for hydroxylation is 1. The van der Waals surface area contributed by atoms with Crippen molar-refractivity contribution in [2.45, 2.75) is 32.4 Å². The Balaban J connectivity index is 1.65. The predicted molar refractivity (Wildman–Crippen MR) is 98.4 cm³/mol. The Hall–Kier alpha value is -2.35. The Bertz CT molecular complexity index is 874. The van der Waals surface area contributed by atoms with E-state index in [2.05, 4.69) is 10.4 Å². The first-order valence-electron chi connectivity index (χ1n) is 9.52. The lowest BCUT2D eigenvalue weighted by atomic mass is 9.78. The zero-order chi connectivity index (χ0) is 19.9. The smallest absolute Gasteiger partial charge is 0.338 e. The molecule has 2 aromatic rings. The number of alkyl halides is 3. The lowest BCUT2D eigenvalue weighted by Gasteiger charge is -2.38. The Kier molecular flexibility index (Phi) is 4.69. The van der Waals surface area contributed by atoms with Crippen molar-refractivity contribution in [2.24, 2.45) is 5.41 Å². The van der Waals surface area contributed by atoms with Crippen molar-refractivity contribution in [2.75, 3.05) is 26.2 Å². The maximum absolute atomic E-state index is 13.9. The third-order valence-electron chi connectivity index (χ3n) is 6.06. The predicted octanol–water partition coefficient (Wildman–Crippen LogP) is 3.42. The van der Waals surface area contributed by atoms with Gasteiger partial charge in [-0.2, -0.15) is 18.3 Å². The van der Waals surface area contributed by atoms with Crippen molar-refractivity contribution >= 4 is 5.91 Å². The Morgan fingerprint density at radius 3 is 2.50 bits per heavy atom. The topological polar surface area (TPSA) is 50.2 Å². The number of amides is 1. The number of carbonyl (C=O) groups is 1. The van der Waals surface area contributed by atoms with Crippen molar-refractivity contribution in [3.63, 3.8) is 0 Å². The second-order valence-corrected chi connectivity index (χ2v) is 7.82. The molecule has 1 aromatic carbocycles. The summed E-state index contributed by atoms with van der Waals surface area (Å²) in [6.45, 7) is 4.57. The fraction of sp³-hybridized carbons (Fsp3) is 0.500. The highest BCUT2D eigenvalue weighted by Crippen LogP contribution is 2.39. The third-order valence-corrected chi connectivity index (χ3v) is 6.06. The molecule has 2 saturated heterocycles. The van der Waals surface area contributed by atoms with Gasteiger partial charge in [0.05, 0.1) is 17.4 Å². The number of halogens is 3. The van der Waals surface area contributed by atoms with Crippen LogP contribution in [0.5, 0.6) is 0 Å². The Morgan fingerprint density at radius 1 is 1.18 bits per heavy atom. The van der Waals surface area contributed by atoms with E-state index in [0.717, 1.165) is 43.2 Å². The van der Waals surface area contributed by atoms with E-state index in [0.29, 0.717) is 24.3 Å². The summed E-state index contributed by atoms with van der Waals surface area (Å²) in [6.07, 6.45) is -0.929. The van der Waals surface area contributed by atoms with Crippen molar-refractivity contribution in [3.8, 4) is 5.69 Å². The van der Waals surface area contributed by atoms with Gasteiger partial charge in [0.15, 0.2) is 5.69 Å². The van der Waals surface area contributed by atoms with Crippen LogP contribution >= 0.6 is 0 Å². The molecule has 1 N–H and O–H groups in total. The average Bonchev–Trinajstić information content (AvgIpc) is 3.29. The monoisotopic (exact) mass is 392 g/mol. The average molecular weight is 392 g/mol. The largest absolute Gasteiger partial charge is 0.434 e. The van der Waals surface area contributed by atoms with Gasteiger partial charge in [-0.25, -0.2) is 4.68 Å². The summed E-state index contributed by atoms with van der Waals surface area (Å²) in [5.41, 5.74) is -0.215. The molecule has 3 heterocycles. The highest BCUT2D eigenvalue weighted by molar-refractivity contribution is 5.95. The van der Waals surface area contributed by atoms with Crippen molar-refractivity contribution in [1.82, 2.24) is 20.0 Å². The number of piperidine rings is 1. The van der Waals surface area contributed by atoms with Crippen LogP contribution in [0, 0.1) is 12.3 Å². The molecule has 1 spiro atoms. The van der Waals surface area contributed by atoms with E-state index < -0.39 is 17.8 Å². The molecule has 28 heavy (non-hydrogen) atoms. The highest BCUT2D eigenvalue weighted by Gasteiger charge is 2.43.